The number of anilines is 2. The van der Waals surface area contributed by atoms with Crippen LogP contribution in [0.3, 0.4) is 0 Å². The molecular formula is C15H18FN3. The predicted octanol–water partition coefficient (Wildman–Crippen LogP) is 3.31. The lowest BCUT2D eigenvalue weighted by molar-refractivity contribution is 0.610. The number of nitrogens with zero attached hydrogens (tertiary/aromatic N) is 1. The first-order valence-electron chi connectivity index (χ1n) is 6.47. The topological polar surface area (TPSA) is 37.0 Å². The van der Waals surface area contributed by atoms with Gasteiger partial charge in [-0.1, -0.05) is 18.2 Å². The normalized spacial score (nSPS) is 10.2. The van der Waals surface area contributed by atoms with Gasteiger partial charge in [-0.2, -0.15) is 0 Å². The maximum atomic E-state index is 13.4. The number of hydrogen-bond donors (Lipinski definition) is 2. The molecule has 2 rings (SSSR count). The summed E-state index contributed by atoms with van der Waals surface area (Å²) in [6, 6.07) is 10.7. The summed E-state index contributed by atoms with van der Waals surface area (Å²) >= 11 is 0. The van der Waals surface area contributed by atoms with Gasteiger partial charge in [0.25, 0.3) is 0 Å². The lowest BCUT2D eigenvalue weighted by Crippen LogP contribution is -2.07. The Morgan fingerprint density at radius 3 is 2.79 bits per heavy atom. The fourth-order valence-corrected chi connectivity index (χ4v) is 1.86. The van der Waals surface area contributed by atoms with Crippen molar-refractivity contribution in [1.82, 2.24) is 4.98 Å². The molecule has 2 N–H and O–H groups in total. The van der Waals surface area contributed by atoms with Gasteiger partial charge < -0.3 is 10.6 Å². The monoisotopic (exact) mass is 259 g/mol. The van der Waals surface area contributed by atoms with Crippen molar-refractivity contribution in [2.45, 2.75) is 13.3 Å². The van der Waals surface area contributed by atoms with E-state index in [0.717, 1.165) is 23.6 Å². The van der Waals surface area contributed by atoms with E-state index in [9.17, 15) is 4.39 Å². The van der Waals surface area contributed by atoms with Crippen molar-refractivity contribution in [3.05, 3.63) is 54.0 Å². The van der Waals surface area contributed by atoms with E-state index in [0.29, 0.717) is 13.0 Å². The van der Waals surface area contributed by atoms with Gasteiger partial charge in [0.05, 0.1) is 0 Å². The predicted molar refractivity (Wildman–Crippen MR) is 77.0 cm³/mol. The third-order valence-corrected chi connectivity index (χ3v) is 2.80. The highest BCUT2D eigenvalue weighted by Gasteiger charge is 2.00. The molecule has 0 saturated carbocycles. The molecule has 1 aromatic heterocycles. The van der Waals surface area contributed by atoms with Crippen LogP contribution in [0.5, 0.6) is 0 Å². The number of aromatic nitrogens is 1. The molecule has 19 heavy (non-hydrogen) atoms. The SMILES string of the molecule is CCNc1cc(NCCc2ccccc2F)ccn1. The molecule has 1 heterocycles. The maximum Gasteiger partial charge on any atom is 0.127 e. The summed E-state index contributed by atoms with van der Waals surface area (Å²) in [4.78, 5) is 4.20. The Morgan fingerprint density at radius 1 is 1.16 bits per heavy atom. The number of nitrogens with one attached hydrogen (secondary N) is 2. The van der Waals surface area contributed by atoms with Crippen molar-refractivity contribution < 1.29 is 4.39 Å². The van der Waals surface area contributed by atoms with Crippen LogP contribution in [0.25, 0.3) is 0 Å². The summed E-state index contributed by atoms with van der Waals surface area (Å²) in [6.45, 7) is 3.56. The first kappa shape index (κ1) is 13.3. The van der Waals surface area contributed by atoms with Gasteiger partial charge in [0, 0.05) is 31.0 Å². The average molecular weight is 259 g/mol. The summed E-state index contributed by atoms with van der Waals surface area (Å²) in [5.41, 5.74) is 1.72. The minimum atomic E-state index is -0.146. The highest BCUT2D eigenvalue weighted by molar-refractivity contribution is 5.51. The second-order valence-corrected chi connectivity index (χ2v) is 4.23. The zero-order valence-corrected chi connectivity index (χ0v) is 11.0. The lowest BCUT2D eigenvalue weighted by atomic mass is 10.1. The van der Waals surface area contributed by atoms with Gasteiger partial charge in [0.15, 0.2) is 0 Å². The molecule has 100 valence electrons. The fraction of sp³-hybridized carbons (Fsp3) is 0.267. The minimum absolute atomic E-state index is 0.146. The van der Waals surface area contributed by atoms with E-state index in [2.05, 4.69) is 15.6 Å². The number of benzene rings is 1. The van der Waals surface area contributed by atoms with Crippen molar-refractivity contribution >= 4 is 11.5 Å². The van der Waals surface area contributed by atoms with Crippen LogP contribution in [0.15, 0.2) is 42.6 Å². The zero-order valence-electron chi connectivity index (χ0n) is 11.0. The molecule has 0 atom stereocenters. The van der Waals surface area contributed by atoms with E-state index < -0.39 is 0 Å². The number of halogens is 1. The molecule has 0 unspecified atom stereocenters. The van der Waals surface area contributed by atoms with Crippen LogP contribution in [-0.4, -0.2) is 18.1 Å². The van der Waals surface area contributed by atoms with Crippen molar-refractivity contribution in [3.8, 4) is 0 Å². The van der Waals surface area contributed by atoms with E-state index >= 15 is 0 Å². The molecule has 0 radical (unpaired) electrons. The van der Waals surface area contributed by atoms with E-state index in [1.165, 1.54) is 6.07 Å². The van der Waals surface area contributed by atoms with Crippen LogP contribution in [0.4, 0.5) is 15.9 Å². The molecule has 0 aliphatic carbocycles. The van der Waals surface area contributed by atoms with Gasteiger partial charge in [0.1, 0.15) is 11.6 Å². The summed E-state index contributed by atoms with van der Waals surface area (Å²) in [7, 11) is 0. The Balaban J connectivity index is 1.89. The summed E-state index contributed by atoms with van der Waals surface area (Å²) < 4.78 is 13.4. The van der Waals surface area contributed by atoms with Crippen LogP contribution in [0.1, 0.15) is 12.5 Å². The highest BCUT2D eigenvalue weighted by atomic mass is 19.1. The Bertz CT molecular complexity index is 528. The van der Waals surface area contributed by atoms with E-state index in [1.54, 1.807) is 12.3 Å². The molecule has 0 amide bonds. The van der Waals surface area contributed by atoms with Crippen LogP contribution in [0.2, 0.25) is 0 Å². The first-order chi connectivity index (χ1) is 9.29. The summed E-state index contributed by atoms with van der Waals surface area (Å²) in [6.07, 6.45) is 2.41. The molecule has 0 bridgehead atoms. The lowest BCUT2D eigenvalue weighted by Gasteiger charge is -2.09. The smallest absolute Gasteiger partial charge is 0.127 e. The van der Waals surface area contributed by atoms with Gasteiger partial charge in [-0.25, -0.2) is 9.37 Å². The molecule has 0 fully saturated rings. The number of hydrogen-bond acceptors (Lipinski definition) is 3. The number of pyridine rings is 1. The van der Waals surface area contributed by atoms with E-state index in [4.69, 9.17) is 0 Å². The molecule has 2 aromatic rings. The Morgan fingerprint density at radius 2 is 2.00 bits per heavy atom. The van der Waals surface area contributed by atoms with Gasteiger partial charge in [0.2, 0.25) is 0 Å². The molecule has 4 heteroatoms. The molecule has 0 aliphatic heterocycles. The largest absolute Gasteiger partial charge is 0.385 e. The molecule has 0 aliphatic rings. The first-order valence-corrected chi connectivity index (χ1v) is 6.47. The van der Waals surface area contributed by atoms with Gasteiger partial charge in [-0.3, -0.25) is 0 Å². The van der Waals surface area contributed by atoms with Crippen LogP contribution < -0.4 is 10.6 Å². The Hall–Kier alpha value is -2.10. The van der Waals surface area contributed by atoms with Crippen molar-refractivity contribution in [3.63, 3.8) is 0 Å². The van der Waals surface area contributed by atoms with E-state index in [-0.39, 0.29) is 5.82 Å². The second kappa shape index (κ2) is 6.73. The average Bonchev–Trinajstić information content (AvgIpc) is 2.42. The zero-order chi connectivity index (χ0) is 13.5. The van der Waals surface area contributed by atoms with Crippen molar-refractivity contribution in [1.29, 1.82) is 0 Å². The standard InChI is InChI=1S/C15H18FN3/c1-2-17-15-11-13(8-10-19-15)18-9-7-12-5-3-4-6-14(12)16/h3-6,8,10-11H,2,7,9H2,1H3,(H2,17,18,19). The molecule has 1 aromatic carbocycles. The van der Waals surface area contributed by atoms with Gasteiger partial charge in [-0.15, -0.1) is 0 Å². The van der Waals surface area contributed by atoms with Gasteiger partial charge in [-0.05, 0) is 31.0 Å². The van der Waals surface area contributed by atoms with E-state index in [1.807, 2.05) is 31.2 Å². The van der Waals surface area contributed by atoms with Gasteiger partial charge >= 0.3 is 0 Å². The maximum absolute atomic E-state index is 13.4. The Labute approximate surface area is 112 Å². The van der Waals surface area contributed by atoms with Crippen LogP contribution in [-0.2, 0) is 6.42 Å². The number of rotatable bonds is 6. The molecular weight excluding hydrogens is 241 g/mol. The minimum Gasteiger partial charge on any atom is -0.385 e. The second-order valence-electron chi connectivity index (χ2n) is 4.23. The Kier molecular flexibility index (Phi) is 4.72. The third kappa shape index (κ3) is 3.95. The molecule has 0 saturated heterocycles. The molecule has 0 spiro atoms. The summed E-state index contributed by atoms with van der Waals surface area (Å²) in [5, 5.41) is 6.43. The quantitative estimate of drug-likeness (QED) is 0.835. The van der Waals surface area contributed by atoms with Crippen LogP contribution >= 0.6 is 0 Å². The van der Waals surface area contributed by atoms with Crippen molar-refractivity contribution in [2.75, 3.05) is 23.7 Å². The molecule has 3 nitrogen and oxygen atoms in total. The van der Waals surface area contributed by atoms with Crippen molar-refractivity contribution in [2.24, 2.45) is 0 Å². The van der Waals surface area contributed by atoms with Crippen LogP contribution in [0, 0.1) is 5.82 Å². The highest BCUT2D eigenvalue weighted by Crippen LogP contribution is 2.12. The fourth-order valence-electron chi connectivity index (χ4n) is 1.86. The third-order valence-electron chi connectivity index (χ3n) is 2.80. The summed E-state index contributed by atoms with van der Waals surface area (Å²) in [5.74, 6) is 0.700.